The van der Waals surface area contributed by atoms with E-state index in [9.17, 15) is 0 Å². The van der Waals surface area contributed by atoms with Gasteiger partial charge in [-0.15, -0.1) is 0 Å². The lowest BCUT2D eigenvalue weighted by molar-refractivity contribution is 0.639. The molecule has 0 N–H and O–H groups in total. The first-order valence-electron chi connectivity index (χ1n) is 2.47. The second-order valence-corrected chi connectivity index (χ2v) is 6.14. The van der Waals surface area contributed by atoms with Crippen molar-refractivity contribution < 1.29 is 4.12 Å². The molecule has 39 valence electrons. The second-order valence-electron chi connectivity index (χ2n) is 1.84. The summed E-state index contributed by atoms with van der Waals surface area (Å²) < 4.78 is 5.45. The summed E-state index contributed by atoms with van der Waals surface area (Å²) in [6, 6.07) is 2.62. The number of hydrogen-bond donors (Lipinski definition) is 0. The Morgan fingerprint density at radius 1 is 1.57 bits per heavy atom. The fraction of sp³-hybridized carbons (Fsp3) is 0.750. The lowest BCUT2D eigenvalue weighted by Crippen LogP contribution is -2.06. The topological polar surface area (TPSA) is 9.23 Å². The smallest absolute Gasteiger partial charge is 0.258 e. The first kappa shape index (κ1) is 5.24. The van der Waals surface area contributed by atoms with Crippen LogP contribution in [0.15, 0.2) is 0 Å². The van der Waals surface area contributed by atoms with Crippen LogP contribution in [0.4, 0.5) is 0 Å². The summed E-state index contributed by atoms with van der Waals surface area (Å²) in [6.07, 6.45) is 3.89. The molecule has 1 saturated heterocycles. The molecule has 3 heteroatoms. The third kappa shape index (κ3) is 1.24. The van der Waals surface area contributed by atoms with Gasteiger partial charge in [-0.1, -0.05) is 6.17 Å². The summed E-state index contributed by atoms with van der Waals surface area (Å²) in [5.41, 5.74) is 0. The predicted octanol–water partition coefficient (Wildman–Crippen LogP) is 0.643. The fourth-order valence-corrected chi connectivity index (χ4v) is 5.98. The molecule has 0 saturated carbocycles. The van der Waals surface area contributed by atoms with Crippen LogP contribution in [0.1, 0.15) is 0 Å². The highest BCUT2D eigenvalue weighted by Crippen LogP contribution is 2.09. The van der Waals surface area contributed by atoms with E-state index >= 15 is 0 Å². The largest absolute Gasteiger partial charge is 0.605 e. The van der Waals surface area contributed by atoms with Gasteiger partial charge >= 0.3 is 0 Å². The first-order chi connectivity index (χ1) is 3.29. The van der Waals surface area contributed by atoms with Crippen LogP contribution in [0.5, 0.6) is 0 Å². The Hall–Kier alpha value is 0.104. The van der Waals surface area contributed by atoms with E-state index in [0.717, 1.165) is 0 Å². The summed E-state index contributed by atoms with van der Waals surface area (Å²) in [6.45, 7) is 2.22. The van der Waals surface area contributed by atoms with E-state index in [1.165, 1.54) is 12.1 Å². The Bertz CT molecular complexity index is 91.7. The van der Waals surface area contributed by atoms with Gasteiger partial charge in [0.25, 0.3) is 9.04 Å². The predicted molar refractivity (Wildman–Crippen MR) is 35.2 cm³/mol. The van der Waals surface area contributed by atoms with Crippen molar-refractivity contribution >= 4 is 23.9 Å². The highest BCUT2D eigenvalue weighted by Gasteiger charge is 2.16. The molecule has 7 heavy (non-hydrogen) atoms. The Balaban J connectivity index is 2.40. The minimum atomic E-state index is -0.511. The molecule has 0 bridgehead atoms. The van der Waals surface area contributed by atoms with Crippen LogP contribution in [0.25, 0.3) is 0 Å². The molecule has 0 aromatic heterocycles. The zero-order valence-electron chi connectivity index (χ0n) is 4.53. The third-order valence-electron chi connectivity index (χ3n) is 1.07. The Morgan fingerprint density at radius 3 is 2.43 bits per heavy atom. The van der Waals surface area contributed by atoms with Gasteiger partial charge in [0.15, 0.2) is 0 Å². The lowest BCUT2D eigenvalue weighted by Gasteiger charge is -1.97. The Kier molecular flexibility index (Phi) is 1.44. The number of rotatable bonds is 0. The van der Waals surface area contributed by atoms with Gasteiger partial charge < -0.3 is 4.12 Å². The molecule has 1 rings (SSSR count). The van der Waals surface area contributed by atoms with Crippen LogP contribution in [0.3, 0.4) is 0 Å². The van der Waals surface area contributed by atoms with Crippen molar-refractivity contribution in [1.29, 1.82) is 0 Å². The molecule has 0 spiro atoms. The van der Waals surface area contributed by atoms with Crippen LogP contribution in [0.2, 0.25) is 18.6 Å². The minimum absolute atomic E-state index is 0.323. The van der Waals surface area contributed by atoms with E-state index in [0.29, 0.717) is 0 Å². The summed E-state index contributed by atoms with van der Waals surface area (Å²) in [5, 5.41) is 0. The average molecular weight is 129 g/mol. The van der Waals surface area contributed by atoms with E-state index in [1.807, 2.05) is 0 Å². The van der Waals surface area contributed by atoms with Crippen molar-refractivity contribution in [1.82, 2.24) is 0 Å². The van der Waals surface area contributed by atoms with Crippen molar-refractivity contribution in [3.63, 3.8) is 0 Å². The van der Waals surface area contributed by atoms with Crippen molar-refractivity contribution in [3.05, 3.63) is 0 Å². The Morgan fingerprint density at radius 2 is 2.29 bits per heavy atom. The highest BCUT2D eigenvalue weighted by molar-refractivity contribution is 6.72. The SMILES string of the molecule is C=[Si]1CC[Si](C)O1. The van der Waals surface area contributed by atoms with E-state index < -0.39 is 8.65 Å². The highest BCUT2D eigenvalue weighted by atomic mass is 28.4. The molecule has 1 fully saturated rings. The lowest BCUT2D eigenvalue weighted by atomic mass is 11.0. The average Bonchev–Trinajstić information content (AvgIpc) is 1.87. The quantitative estimate of drug-likeness (QED) is 0.436. The van der Waals surface area contributed by atoms with Gasteiger partial charge in [-0.25, -0.2) is 0 Å². The van der Waals surface area contributed by atoms with Gasteiger partial charge in [-0.3, -0.25) is 0 Å². The molecule has 1 nitrogen and oxygen atoms in total. The van der Waals surface area contributed by atoms with E-state index in [1.54, 1.807) is 0 Å². The van der Waals surface area contributed by atoms with Crippen LogP contribution >= 0.6 is 0 Å². The van der Waals surface area contributed by atoms with Crippen molar-refractivity contribution in [2.45, 2.75) is 18.6 Å². The van der Waals surface area contributed by atoms with E-state index in [2.05, 4.69) is 12.7 Å². The van der Waals surface area contributed by atoms with Crippen molar-refractivity contribution in [3.8, 4) is 0 Å². The third-order valence-corrected chi connectivity index (χ3v) is 5.88. The maximum Gasteiger partial charge on any atom is 0.258 e. The van der Waals surface area contributed by atoms with E-state index in [4.69, 9.17) is 4.12 Å². The minimum Gasteiger partial charge on any atom is -0.605 e. The molecule has 0 atom stereocenters. The summed E-state index contributed by atoms with van der Waals surface area (Å²) >= 11 is 0. The van der Waals surface area contributed by atoms with Crippen LogP contribution < -0.4 is 0 Å². The Labute approximate surface area is 47.4 Å². The summed E-state index contributed by atoms with van der Waals surface area (Å²) in [4.78, 5) is 0. The van der Waals surface area contributed by atoms with Crippen LogP contribution in [-0.2, 0) is 4.12 Å². The maximum atomic E-state index is 5.45. The maximum absolute atomic E-state index is 5.45. The zero-order valence-corrected chi connectivity index (χ0v) is 6.53. The standard InChI is InChI=1S/C4H9OSi2/c1-6-3-4-7(2)5-6/h1,3-4H2,2H3. The normalized spacial score (nSPS) is 22.7. The van der Waals surface area contributed by atoms with Gasteiger partial charge in [0.2, 0.25) is 8.65 Å². The molecule has 0 amide bonds. The van der Waals surface area contributed by atoms with Crippen molar-refractivity contribution in [2.75, 3.05) is 0 Å². The van der Waals surface area contributed by atoms with Crippen LogP contribution in [0, 0.1) is 0 Å². The monoisotopic (exact) mass is 129 g/mol. The molecule has 1 aliphatic heterocycles. The molecule has 1 radical (unpaired) electrons. The second kappa shape index (κ2) is 1.92. The molecule has 0 aromatic carbocycles. The van der Waals surface area contributed by atoms with Gasteiger partial charge in [-0.05, 0) is 18.6 Å². The van der Waals surface area contributed by atoms with Gasteiger partial charge in [0.05, 0.1) is 0 Å². The molecular formula is C4H9OSi2. The van der Waals surface area contributed by atoms with Gasteiger partial charge in [0.1, 0.15) is 0 Å². The summed E-state index contributed by atoms with van der Waals surface area (Å²) in [5.74, 6) is 0. The summed E-state index contributed by atoms with van der Waals surface area (Å²) in [7, 11) is -0.834. The molecule has 0 aromatic rings. The number of hydrogen-bond acceptors (Lipinski definition) is 1. The molecule has 1 heterocycles. The zero-order chi connectivity index (χ0) is 5.28. The fourth-order valence-electron chi connectivity index (χ4n) is 0.664. The van der Waals surface area contributed by atoms with Crippen LogP contribution in [-0.4, -0.2) is 23.9 Å². The van der Waals surface area contributed by atoms with Gasteiger partial charge in [0, 0.05) is 0 Å². The van der Waals surface area contributed by atoms with Gasteiger partial charge in [-0.2, -0.15) is 0 Å². The molecule has 1 aliphatic rings. The van der Waals surface area contributed by atoms with Crippen molar-refractivity contribution in [2.24, 2.45) is 0 Å². The van der Waals surface area contributed by atoms with E-state index in [-0.39, 0.29) is 9.04 Å². The molecule has 0 unspecified atom stereocenters. The first-order valence-corrected chi connectivity index (χ1v) is 6.41. The molecular weight excluding hydrogens is 120 g/mol. The molecule has 0 aliphatic carbocycles.